The van der Waals surface area contributed by atoms with Crippen molar-refractivity contribution in [2.45, 2.75) is 30.7 Å². The molecule has 0 aromatic heterocycles. The molecule has 0 bridgehead atoms. The highest BCUT2D eigenvalue weighted by Crippen LogP contribution is 2.15. The van der Waals surface area contributed by atoms with Crippen LogP contribution >= 0.6 is 0 Å². The summed E-state index contributed by atoms with van der Waals surface area (Å²) in [6, 6.07) is 3.19. The second-order valence-corrected chi connectivity index (χ2v) is 6.86. The fourth-order valence-corrected chi connectivity index (χ4v) is 3.15. The van der Waals surface area contributed by atoms with Gasteiger partial charge in [-0.25, -0.2) is 13.2 Å². The van der Waals surface area contributed by atoms with Crippen LogP contribution in [0.2, 0.25) is 0 Å². The Labute approximate surface area is 144 Å². The summed E-state index contributed by atoms with van der Waals surface area (Å²) >= 11 is 0. The third-order valence-electron chi connectivity index (χ3n) is 3.05. The van der Waals surface area contributed by atoms with E-state index >= 15 is 0 Å². The molecule has 0 aliphatic rings. The summed E-state index contributed by atoms with van der Waals surface area (Å²) in [6.07, 6.45) is 0.197. The minimum Gasteiger partial charge on any atom is -0.480 e. The lowest BCUT2D eigenvalue weighted by molar-refractivity contribution is -0.139. The SMILES string of the molecule is CC(=O)Nc1ccc(S(=O)(=O)NC(CCCNC(N)=O)C(=O)O)cc1. The number of urea groups is 1. The molecule has 0 heterocycles. The second kappa shape index (κ2) is 8.99. The molecule has 1 aromatic carbocycles. The molecule has 0 fully saturated rings. The third kappa shape index (κ3) is 7.18. The zero-order valence-corrected chi connectivity index (χ0v) is 14.3. The molecule has 10 nitrogen and oxygen atoms in total. The quantitative estimate of drug-likeness (QED) is 0.377. The third-order valence-corrected chi connectivity index (χ3v) is 4.54. The van der Waals surface area contributed by atoms with Crippen LogP contribution in [0.1, 0.15) is 19.8 Å². The van der Waals surface area contributed by atoms with Crippen molar-refractivity contribution in [3.05, 3.63) is 24.3 Å². The van der Waals surface area contributed by atoms with Crippen molar-refractivity contribution in [1.82, 2.24) is 10.0 Å². The van der Waals surface area contributed by atoms with Gasteiger partial charge in [-0.3, -0.25) is 9.59 Å². The fraction of sp³-hybridized carbons (Fsp3) is 0.357. The van der Waals surface area contributed by atoms with Gasteiger partial charge in [-0.05, 0) is 37.1 Å². The molecule has 1 atom stereocenters. The summed E-state index contributed by atoms with van der Waals surface area (Å²) in [5, 5.41) is 13.9. The first-order valence-electron chi connectivity index (χ1n) is 7.28. The van der Waals surface area contributed by atoms with E-state index in [9.17, 15) is 22.8 Å². The van der Waals surface area contributed by atoms with Crippen LogP contribution in [-0.4, -0.2) is 44.0 Å². The molecule has 25 heavy (non-hydrogen) atoms. The van der Waals surface area contributed by atoms with E-state index in [1.54, 1.807) is 0 Å². The van der Waals surface area contributed by atoms with Crippen molar-refractivity contribution in [2.75, 3.05) is 11.9 Å². The molecule has 11 heteroatoms. The predicted octanol–water partition coefficient (Wildman–Crippen LogP) is -0.175. The van der Waals surface area contributed by atoms with Crippen molar-refractivity contribution >= 4 is 33.6 Å². The number of carboxylic acids is 1. The van der Waals surface area contributed by atoms with Crippen LogP contribution in [0.15, 0.2) is 29.2 Å². The zero-order chi connectivity index (χ0) is 19.0. The summed E-state index contributed by atoms with van der Waals surface area (Å²) < 4.78 is 26.6. The zero-order valence-electron chi connectivity index (χ0n) is 13.5. The number of rotatable bonds is 9. The van der Waals surface area contributed by atoms with Gasteiger partial charge in [-0.1, -0.05) is 0 Å². The maximum Gasteiger partial charge on any atom is 0.321 e. The van der Waals surface area contributed by atoms with E-state index in [4.69, 9.17) is 10.8 Å². The highest BCUT2D eigenvalue weighted by molar-refractivity contribution is 7.89. The number of aliphatic carboxylic acids is 1. The summed E-state index contributed by atoms with van der Waals surface area (Å²) in [7, 11) is -4.06. The maximum atomic E-state index is 12.3. The Kier molecular flexibility index (Phi) is 7.33. The lowest BCUT2D eigenvalue weighted by atomic mass is 10.2. The van der Waals surface area contributed by atoms with Gasteiger partial charge in [0.15, 0.2) is 0 Å². The highest BCUT2D eigenvalue weighted by atomic mass is 32.2. The Morgan fingerprint density at radius 1 is 1.20 bits per heavy atom. The topological polar surface area (TPSA) is 168 Å². The molecule has 0 spiro atoms. The van der Waals surface area contributed by atoms with Crippen LogP contribution in [0.5, 0.6) is 0 Å². The van der Waals surface area contributed by atoms with Gasteiger partial charge in [0.25, 0.3) is 0 Å². The number of anilines is 1. The first-order chi connectivity index (χ1) is 11.6. The highest BCUT2D eigenvalue weighted by Gasteiger charge is 2.25. The average molecular weight is 372 g/mol. The van der Waals surface area contributed by atoms with Gasteiger partial charge >= 0.3 is 12.0 Å². The molecule has 0 aliphatic carbocycles. The van der Waals surface area contributed by atoms with Crippen LogP contribution in [-0.2, 0) is 19.6 Å². The monoisotopic (exact) mass is 372 g/mol. The standard InChI is InChI=1S/C14H20N4O6S/c1-9(19)17-10-4-6-11(7-5-10)25(23,24)18-12(13(20)21)3-2-8-16-14(15)22/h4-7,12,18H,2-3,8H2,1H3,(H,17,19)(H,20,21)(H3,15,16,22). The summed E-state index contributed by atoms with van der Waals surface area (Å²) in [5.74, 6) is -1.64. The first-order valence-corrected chi connectivity index (χ1v) is 8.76. The Balaban J connectivity index is 2.76. The molecule has 0 radical (unpaired) electrons. The second-order valence-electron chi connectivity index (χ2n) is 5.15. The van der Waals surface area contributed by atoms with E-state index < -0.39 is 28.1 Å². The minimum atomic E-state index is -4.06. The minimum absolute atomic E-state index is 0.0289. The van der Waals surface area contributed by atoms with E-state index in [1.165, 1.54) is 31.2 Å². The Morgan fingerprint density at radius 3 is 2.28 bits per heavy atom. The Hall–Kier alpha value is -2.66. The lowest BCUT2D eigenvalue weighted by Crippen LogP contribution is -2.41. The smallest absolute Gasteiger partial charge is 0.321 e. The van der Waals surface area contributed by atoms with E-state index in [2.05, 4.69) is 15.4 Å². The van der Waals surface area contributed by atoms with Crippen LogP contribution in [0.3, 0.4) is 0 Å². The number of hydrogen-bond donors (Lipinski definition) is 5. The first kappa shape index (κ1) is 20.4. The van der Waals surface area contributed by atoms with E-state index in [1.807, 2.05) is 0 Å². The molecule has 0 saturated carbocycles. The molecule has 0 saturated heterocycles. The normalized spacial score (nSPS) is 12.2. The van der Waals surface area contributed by atoms with Crippen LogP contribution in [0, 0.1) is 0 Å². The number of nitrogens with two attached hydrogens (primary N) is 1. The number of hydrogen-bond acceptors (Lipinski definition) is 5. The molecular formula is C14H20N4O6S. The Morgan fingerprint density at radius 2 is 1.80 bits per heavy atom. The van der Waals surface area contributed by atoms with Crippen molar-refractivity contribution in [1.29, 1.82) is 0 Å². The van der Waals surface area contributed by atoms with Gasteiger partial charge in [0.05, 0.1) is 4.90 Å². The van der Waals surface area contributed by atoms with Gasteiger partial charge in [-0.2, -0.15) is 4.72 Å². The van der Waals surface area contributed by atoms with Crippen LogP contribution in [0.4, 0.5) is 10.5 Å². The van der Waals surface area contributed by atoms with Gasteiger partial charge < -0.3 is 21.5 Å². The molecule has 1 unspecified atom stereocenters. The number of carbonyl (C=O) groups excluding carboxylic acids is 2. The molecule has 138 valence electrons. The average Bonchev–Trinajstić information content (AvgIpc) is 2.49. The number of primary amides is 1. The largest absolute Gasteiger partial charge is 0.480 e. The van der Waals surface area contributed by atoms with Gasteiger partial charge in [0.1, 0.15) is 6.04 Å². The summed E-state index contributed by atoms with van der Waals surface area (Å²) in [5.41, 5.74) is 5.30. The lowest BCUT2D eigenvalue weighted by Gasteiger charge is -2.15. The molecule has 3 amide bonds. The number of amides is 3. The van der Waals surface area contributed by atoms with E-state index in [-0.39, 0.29) is 30.2 Å². The van der Waals surface area contributed by atoms with Crippen molar-refractivity contribution in [3.63, 3.8) is 0 Å². The van der Waals surface area contributed by atoms with Crippen molar-refractivity contribution in [2.24, 2.45) is 5.73 Å². The van der Waals surface area contributed by atoms with Gasteiger partial charge in [-0.15, -0.1) is 0 Å². The van der Waals surface area contributed by atoms with Gasteiger partial charge in [0.2, 0.25) is 15.9 Å². The fourth-order valence-electron chi connectivity index (χ4n) is 1.93. The Bertz CT molecular complexity index is 732. The van der Waals surface area contributed by atoms with E-state index in [0.29, 0.717) is 5.69 Å². The number of carboxylic acid groups (broad SMARTS) is 1. The number of benzene rings is 1. The summed E-state index contributed by atoms with van der Waals surface area (Å²) in [4.78, 5) is 32.6. The predicted molar refractivity (Wildman–Crippen MR) is 89.3 cm³/mol. The molecule has 0 aliphatic heterocycles. The van der Waals surface area contributed by atoms with Gasteiger partial charge in [0, 0.05) is 19.2 Å². The molecule has 1 rings (SSSR count). The van der Waals surface area contributed by atoms with Crippen molar-refractivity contribution < 1.29 is 27.9 Å². The van der Waals surface area contributed by atoms with Crippen LogP contribution < -0.4 is 21.1 Å². The van der Waals surface area contributed by atoms with Crippen molar-refractivity contribution in [3.8, 4) is 0 Å². The molecular weight excluding hydrogens is 352 g/mol. The molecule has 1 aromatic rings. The number of sulfonamides is 1. The van der Waals surface area contributed by atoms with E-state index in [0.717, 1.165) is 0 Å². The summed E-state index contributed by atoms with van der Waals surface area (Å²) in [6.45, 7) is 1.45. The maximum absolute atomic E-state index is 12.3. The van der Waals surface area contributed by atoms with Crippen LogP contribution in [0.25, 0.3) is 0 Å². The number of nitrogens with one attached hydrogen (secondary N) is 3. The molecule has 6 N–H and O–H groups in total. The number of carbonyl (C=O) groups is 3.